The van der Waals surface area contributed by atoms with Gasteiger partial charge in [0.1, 0.15) is 0 Å². The molecule has 0 spiro atoms. The Morgan fingerprint density at radius 2 is 1.26 bits per heavy atom. The fourth-order valence-electron chi connectivity index (χ4n) is 13.3. The SMILES string of the molecule is CC1c2ccccc2-c2cc3c(cc21)c1ccc(-c2cc4c(cc2Nc2ccc(C(C)(C)C)cc2)sc2cc5c(cc24)C(C)(C)CCC5(C)C)c2c1n3-c1cc3c(cc1[B]2)-c1ccccc1C3(C)C. The summed E-state index contributed by atoms with van der Waals surface area (Å²) in [5.74, 6) is 0.338. The summed E-state index contributed by atoms with van der Waals surface area (Å²) in [6, 6.07) is 52.4. The highest BCUT2D eigenvalue weighted by molar-refractivity contribution is 7.25. The Kier molecular flexibility index (Phi) is 8.26. The molecule has 10 aromatic rings. The quantitative estimate of drug-likeness (QED) is 0.175. The molecule has 0 saturated heterocycles. The van der Waals surface area contributed by atoms with E-state index in [9.17, 15) is 0 Å². The normalized spacial score (nSPS) is 17.6. The Labute approximate surface area is 411 Å². The lowest BCUT2D eigenvalue weighted by Crippen LogP contribution is -2.37. The van der Waals surface area contributed by atoms with Crippen LogP contribution in [0, 0.1) is 0 Å². The summed E-state index contributed by atoms with van der Waals surface area (Å²) in [5, 5.41) is 9.38. The van der Waals surface area contributed by atoms with Gasteiger partial charge in [0, 0.05) is 70.4 Å². The van der Waals surface area contributed by atoms with Crippen LogP contribution in [0.4, 0.5) is 11.4 Å². The molecule has 1 N–H and O–H groups in total. The Morgan fingerprint density at radius 3 is 2.03 bits per heavy atom. The van der Waals surface area contributed by atoms with Crippen molar-refractivity contribution in [3.05, 3.63) is 172 Å². The zero-order chi connectivity index (χ0) is 47.3. The van der Waals surface area contributed by atoms with Crippen molar-refractivity contribution in [2.45, 2.75) is 110 Å². The number of hydrogen-bond acceptors (Lipinski definition) is 2. The summed E-state index contributed by atoms with van der Waals surface area (Å²) in [6.45, 7) is 23.9. The van der Waals surface area contributed by atoms with Crippen molar-refractivity contribution in [2.75, 3.05) is 5.32 Å². The Morgan fingerprint density at radius 1 is 0.565 bits per heavy atom. The zero-order valence-corrected chi connectivity index (χ0v) is 42.4. The maximum atomic E-state index is 4.03. The molecule has 0 saturated carbocycles. The average molecular weight is 910 g/mol. The van der Waals surface area contributed by atoms with Gasteiger partial charge in [-0.2, -0.15) is 0 Å². The van der Waals surface area contributed by atoms with Crippen LogP contribution >= 0.6 is 11.3 Å². The van der Waals surface area contributed by atoms with Crippen LogP contribution in [0.3, 0.4) is 0 Å². The molecule has 3 heterocycles. The van der Waals surface area contributed by atoms with E-state index in [1.54, 1.807) is 0 Å². The predicted molar refractivity (Wildman–Crippen MR) is 298 cm³/mol. The molecular weight excluding hydrogens is 852 g/mol. The van der Waals surface area contributed by atoms with Crippen LogP contribution in [0.25, 0.3) is 81.0 Å². The van der Waals surface area contributed by atoms with Crippen LogP contribution in [0.5, 0.6) is 0 Å². The Hall–Kier alpha value is -6.36. The molecule has 2 aromatic heterocycles. The second kappa shape index (κ2) is 13.7. The van der Waals surface area contributed by atoms with Gasteiger partial charge in [0.2, 0.25) is 0 Å². The summed E-state index contributed by atoms with van der Waals surface area (Å²) in [7, 11) is 2.53. The molecule has 0 fully saturated rings. The van der Waals surface area contributed by atoms with E-state index in [1.807, 2.05) is 11.3 Å². The average Bonchev–Trinajstić information content (AvgIpc) is 4.01. The molecule has 8 aromatic carbocycles. The van der Waals surface area contributed by atoms with Gasteiger partial charge in [0.25, 0.3) is 0 Å². The van der Waals surface area contributed by atoms with Gasteiger partial charge in [-0.05, 0) is 156 Å². The molecule has 1 unspecified atom stereocenters. The molecule has 1 aliphatic heterocycles. The van der Waals surface area contributed by atoms with Gasteiger partial charge in [-0.3, -0.25) is 0 Å². The third-order valence-electron chi connectivity index (χ3n) is 17.5. The molecule has 1 atom stereocenters. The lowest BCUT2D eigenvalue weighted by atomic mass is 9.58. The molecule has 14 rings (SSSR count). The van der Waals surface area contributed by atoms with Gasteiger partial charge in [0.05, 0.1) is 5.52 Å². The fourth-order valence-corrected chi connectivity index (χ4v) is 14.5. The second-order valence-electron chi connectivity index (χ2n) is 23.9. The minimum atomic E-state index is -0.116. The number of nitrogens with one attached hydrogen (secondary N) is 1. The van der Waals surface area contributed by atoms with E-state index in [4.69, 9.17) is 0 Å². The molecule has 69 heavy (non-hydrogen) atoms. The lowest BCUT2D eigenvalue weighted by molar-refractivity contribution is 0.332. The topological polar surface area (TPSA) is 17.0 Å². The number of benzene rings is 8. The first-order valence-electron chi connectivity index (χ1n) is 25.3. The van der Waals surface area contributed by atoms with Gasteiger partial charge >= 0.3 is 0 Å². The van der Waals surface area contributed by atoms with E-state index in [0.29, 0.717) is 5.92 Å². The van der Waals surface area contributed by atoms with Crippen LogP contribution < -0.4 is 16.2 Å². The number of fused-ring (bicyclic) bond motifs is 15. The highest BCUT2D eigenvalue weighted by atomic mass is 32.1. The Bertz CT molecular complexity index is 3920. The van der Waals surface area contributed by atoms with Gasteiger partial charge < -0.3 is 9.88 Å². The van der Waals surface area contributed by atoms with Crippen LogP contribution in [-0.2, 0) is 21.7 Å². The smallest absolute Gasteiger partial charge is 0.197 e. The monoisotopic (exact) mass is 909 g/mol. The molecule has 1 radical (unpaired) electrons. The predicted octanol–water partition coefficient (Wildman–Crippen LogP) is 16.6. The summed E-state index contributed by atoms with van der Waals surface area (Å²) >= 11 is 1.95. The maximum absolute atomic E-state index is 4.03. The molecular formula is C65H58BN2S. The number of rotatable bonds is 3. The van der Waals surface area contributed by atoms with Crippen molar-refractivity contribution >= 4 is 82.9 Å². The Balaban J connectivity index is 1.06. The summed E-state index contributed by atoms with van der Waals surface area (Å²) < 4.78 is 5.35. The highest BCUT2D eigenvalue weighted by Gasteiger charge is 2.40. The number of anilines is 2. The van der Waals surface area contributed by atoms with E-state index >= 15 is 0 Å². The fraction of sp³-hybridized carbons (Fsp3) is 0.262. The van der Waals surface area contributed by atoms with Crippen LogP contribution in [0.2, 0.25) is 0 Å². The standard InChI is InChI=1S/C65H58BN2S/c1-35-38-15-11-12-16-39(38)44-31-56-47(27-43(35)44)42-24-23-41(60-61(42)68(56)57-32-51-45(30-54(57)66-60)40-17-13-14-18-50(40)65(51,9)10)46-28-48-49-29-52-53(64(7,8)26-25-63(52,5)6)33-58(49)69-59(48)34-55(46)67-37-21-19-36(20-22-37)62(2,3)4/h11-24,27-35,67H,25-26H2,1-10H3. The van der Waals surface area contributed by atoms with Gasteiger partial charge in [-0.15, -0.1) is 11.3 Å². The third kappa shape index (κ3) is 5.73. The number of hydrogen-bond donors (Lipinski definition) is 1. The van der Waals surface area contributed by atoms with E-state index in [1.165, 1.54) is 144 Å². The first-order chi connectivity index (χ1) is 33.0. The van der Waals surface area contributed by atoms with Crippen molar-refractivity contribution in [3.63, 3.8) is 0 Å². The summed E-state index contributed by atoms with van der Waals surface area (Å²) in [5.41, 5.74) is 26.8. The molecule has 0 amide bonds. The second-order valence-corrected chi connectivity index (χ2v) is 25.0. The van der Waals surface area contributed by atoms with E-state index in [-0.39, 0.29) is 21.7 Å². The molecule has 0 bridgehead atoms. The van der Waals surface area contributed by atoms with Crippen molar-refractivity contribution in [1.29, 1.82) is 0 Å². The largest absolute Gasteiger partial charge is 0.355 e. The highest BCUT2D eigenvalue weighted by Crippen LogP contribution is 2.53. The van der Waals surface area contributed by atoms with Gasteiger partial charge in [-0.25, -0.2) is 0 Å². The minimum absolute atomic E-state index is 0.0736. The van der Waals surface area contributed by atoms with Crippen molar-refractivity contribution in [3.8, 4) is 39.1 Å². The van der Waals surface area contributed by atoms with E-state index in [0.717, 1.165) is 11.4 Å². The number of thiophene rings is 1. The van der Waals surface area contributed by atoms with Gasteiger partial charge in [0.15, 0.2) is 7.28 Å². The zero-order valence-electron chi connectivity index (χ0n) is 41.6. The van der Waals surface area contributed by atoms with Crippen LogP contribution in [0.1, 0.15) is 127 Å². The summed E-state index contributed by atoms with van der Waals surface area (Å²) in [4.78, 5) is 0. The maximum Gasteiger partial charge on any atom is 0.197 e. The molecule has 337 valence electrons. The number of aromatic nitrogens is 1. The van der Waals surface area contributed by atoms with Gasteiger partial charge in [-0.1, -0.05) is 154 Å². The first kappa shape index (κ1) is 41.6. The molecule has 4 heteroatoms. The first-order valence-corrected chi connectivity index (χ1v) is 26.1. The molecule has 2 nitrogen and oxygen atoms in total. The third-order valence-corrected chi connectivity index (χ3v) is 18.6. The van der Waals surface area contributed by atoms with Crippen molar-refractivity contribution in [1.82, 2.24) is 4.57 Å². The van der Waals surface area contributed by atoms with Crippen molar-refractivity contribution < 1.29 is 0 Å². The van der Waals surface area contributed by atoms with E-state index in [2.05, 4.69) is 220 Å². The number of nitrogens with zero attached hydrogens (tertiary/aromatic N) is 1. The summed E-state index contributed by atoms with van der Waals surface area (Å²) in [6.07, 6.45) is 2.41. The van der Waals surface area contributed by atoms with E-state index < -0.39 is 0 Å². The molecule has 3 aliphatic carbocycles. The van der Waals surface area contributed by atoms with Crippen molar-refractivity contribution in [2.24, 2.45) is 0 Å². The van der Waals surface area contributed by atoms with Crippen LogP contribution in [0.15, 0.2) is 133 Å². The minimum Gasteiger partial charge on any atom is -0.355 e. The van der Waals surface area contributed by atoms with Crippen LogP contribution in [-0.4, -0.2) is 11.8 Å². The molecule has 4 aliphatic rings. The lowest BCUT2D eigenvalue weighted by Gasteiger charge is -2.41.